The highest BCUT2D eigenvalue weighted by molar-refractivity contribution is 6.30. The van der Waals surface area contributed by atoms with E-state index in [9.17, 15) is 0 Å². The van der Waals surface area contributed by atoms with Gasteiger partial charge in [0.1, 0.15) is 0 Å². The Labute approximate surface area is 112 Å². The van der Waals surface area contributed by atoms with Crippen molar-refractivity contribution in [2.75, 3.05) is 0 Å². The number of rotatable bonds is 4. The van der Waals surface area contributed by atoms with Crippen molar-refractivity contribution in [2.45, 2.75) is 32.4 Å². The van der Waals surface area contributed by atoms with Crippen LogP contribution < -0.4 is 5.32 Å². The van der Waals surface area contributed by atoms with E-state index in [4.69, 9.17) is 11.6 Å². The molecule has 3 rings (SSSR count). The van der Waals surface area contributed by atoms with Gasteiger partial charge in [0.2, 0.25) is 0 Å². The lowest BCUT2D eigenvalue weighted by atomic mass is 10.1. The Morgan fingerprint density at radius 3 is 2.94 bits per heavy atom. The van der Waals surface area contributed by atoms with Gasteiger partial charge in [-0.15, -0.1) is 0 Å². The van der Waals surface area contributed by atoms with Crippen LogP contribution in [0.3, 0.4) is 0 Å². The molecule has 0 aliphatic heterocycles. The van der Waals surface area contributed by atoms with E-state index in [0.717, 1.165) is 18.3 Å². The molecule has 0 spiro atoms. The molecule has 1 saturated carbocycles. The second kappa shape index (κ2) is 4.75. The Kier molecular flexibility index (Phi) is 3.10. The van der Waals surface area contributed by atoms with Crippen molar-refractivity contribution >= 4 is 11.6 Å². The molecule has 1 aliphatic rings. The molecule has 3 nitrogen and oxygen atoms in total. The van der Waals surface area contributed by atoms with Gasteiger partial charge in [0.15, 0.2) is 0 Å². The highest BCUT2D eigenvalue weighted by atomic mass is 35.5. The smallest absolute Gasteiger partial charge is 0.0790 e. The number of nitrogens with one attached hydrogen (secondary N) is 1. The number of benzene rings is 1. The summed E-state index contributed by atoms with van der Waals surface area (Å²) in [5, 5.41) is 8.44. The summed E-state index contributed by atoms with van der Waals surface area (Å²) in [7, 11) is 0. The third-order valence-electron chi connectivity index (χ3n) is 3.24. The number of aryl methyl sites for hydroxylation is 1. The summed E-state index contributed by atoms with van der Waals surface area (Å²) in [6, 6.07) is 7.20. The SMILES string of the molecule is Cc1ccc(CNC2CC2)cc1-n1cc(Cl)cn1. The van der Waals surface area contributed by atoms with Crippen LogP contribution in [0.4, 0.5) is 0 Å². The lowest BCUT2D eigenvalue weighted by Gasteiger charge is -2.09. The van der Waals surface area contributed by atoms with Crippen molar-refractivity contribution in [2.24, 2.45) is 0 Å². The van der Waals surface area contributed by atoms with Crippen molar-refractivity contribution in [1.29, 1.82) is 0 Å². The largest absolute Gasteiger partial charge is 0.310 e. The molecule has 1 aromatic carbocycles. The molecule has 1 N–H and O–H groups in total. The van der Waals surface area contributed by atoms with E-state index in [0.29, 0.717) is 5.02 Å². The van der Waals surface area contributed by atoms with Crippen LogP contribution in [0.1, 0.15) is 24.0 Å². The van der Waals surface area contributed by atoms with Crippen LogP contribution in [-0.4, -0.2) is 15.8 Å². The third-order valence-corrected chi connectivity index (χ3v) is 3.44. The second-order valence-corrected chi connectivity index (χ2v) is 5.32. The Morgan fingerprint density at radius 2 is 2.28 bits per heavy atom. The van der Waals surface area contributed by atoms with E-state index in [1.54, 1.807) is 6.20 Å². The monoisotopic (exact) mass is 261 g/mol. The molecule has 94 valence electrons. The molecule has 0 bridgehead atoms. The van der Waals surface area contributed by atoms with Gasteiger partial charge < -0.3 is 5.32 Å². The zero-order valence-electron chi connectivity index (χ0n) is 10.4. The maximum absolute atomic E-state index is 5.92. The quantitative estimate of drug-likeness (QED) is 0.917. The average Bonchev–Trinajstić information content (AvgIpc) is 3.10. The first kappa shape index (κ1) is 11.8. The first-order valence-corrected chi connectivity index (χ1v) is 6.63. The molecule has 18 heavy (non-hydrogen) atoms. The maximum atomic E-state index is 5.92. The van der Waals surface area contributed by atoms with Crippen molar-refractivity contribution in [3.63, 3.8) is 0 Å². The zero-order valence-corrected chi connectivity index (χ0v) is 11.1. The minimum absolute atomic E-state index is 0.663. The van der Waals surface area contributed by atoms with Crippen LogP contribution in [0, 0.1) is 6.92 Å². The zero-order chi connectivity index (χ0) is 12.5. The van der Waals surface area contributed by atoms with E-state index in [2.05, 4.69) is 35.5 Å². The van der Waals surface area contributed by atoms with E-state index in [-0.39, 0.29) is 0 Å². The predicted octanol–water partition coefficient (Wildman–Crippen LogP) is 3.09. The Morgan fingerprint density at radius 1 is 1.44 bits per heavy atom. The summed E-state index contributed by atoms with van der Waals surface area (Å²) in [6.45, 7) is 3.01. The van der Waals surface area contributed by atoms with Gasteiger partial charge in [-0.2, -0.15) is 5.10 Å². The topological polar surface area (TPSA) is 29.9 Å². The molecule has 4 heteroatoms. The van der Waals surface area contributed by atoms with E-state index in [1.807, 2.05) is 10.9 Å². The lowest BCUT2D eigenvalue weighted by molar-refractivity contribution is 0.686. The molecular formula is C14H16ClN3. The predicted molar refractivity (Wildman–Crippen MR) is 73.2 cm³/mol. The molecule has 1 fully saturated rings. The van der Waals surface area contributed by atoms with Crippen LogP contribution in [0.25, 0.3) is 5.69 Å². The van der Waals surface area contributed by atoms with Gasteiger partial charge >= 0.3 is 0 Å². The van der Waals surface area contributed by atoms with Crippen LogP contribution in [0.5, 0.6) is 0 Å². The standard InChI is InChI=1S/C14H16ClN3/c1-10-2-3-11(7-16-13-4-5-13)6-14(10)18-9-12(15)8-17-18/h2-3,6,8-9,13,16H,4-5,7H2,1H3. The first-order valence-electron chi connectivity index (χ1n) is 6.26. The Balaban J connectivity index is 1.85. The third kappa shape index (κ3) is 2.57. The minimum Gasteiger partial charge on any atom is -0.310 e. The second-order valence-electron chi connectivity index (χ2n) is 4.88. The molecular weight excluding hydrogens is 246 g/mol. The highest BCUT2D eigenvalue weighted by Crippen LogP contribution is 2.21. The van der Waals surface area contributed by atoms with Crippen LogP contribution in [-0.2, 0) is 6.54 Å². The lowest BCUT2D eigenvalue weighted by Crippen LogP contribution is -2.15. The van der Waals surface area contributed by atoms with Gasteiger partial charge in [0, 0.05) is 18.8 Å². The molecule has 0 atom stereocenters. The van der Waals surface area contributed by atoms with Crippen LogP contribution in [0.2, 0.25) is 5.02 Å². The molecule has 1 heterocycles. The molecule has 0 amide bonds. The number of nitrogens with zero attached hydrogens (tertiary/aromatic N) is 2. The maximum Gasteiger partial charge on any atom is 0.0790 e. The van der Waals surface area contributed by atoms with Crippen LogP contribution in [0.15, 0.2) is 30.6 Å². The Bertz CT molecular complexity index is 558. The van der Waals surface area contributed by atoms with Crippen LogP contribution >= 0.6 is 11.6 Å². The molecule has 2 aromatic rings. The summed E-state index contributed by atoms with van der Waals surface area (Å²) in [4.78, 5) is 0. The van der Waals surface area contributed by atoms with E-state index < -0.39 is 0 Å². The average molecular weight is 262 g/mol. The fourth-order valence-corrected chi connectivity index (χ4v) is 2.13. The van der Waals surface area contributed by atoms with E-state index in [1.165, 1.54) is 24.0 Å². The van der Waals surface area contributed by atoms with Gasteiger partial charge in [-0.3, -0.25) is 0 Å². The number of hydrogen-bond acceptors (Lipinski definition) is 2. The van der Waals surface area contributed by atoms with Gasteiger partial charge in [0.25, 0.3) is 0 Å². The van der Waals surface area contributed by atoms with Crippen molar-refractivity contribution < 1.29 is 0 Å². The van der Waals surface area contributed by atoms with Gasteiger partial charge in [-0.1, -0.05) is 23.7 Å². The number of hydrogen-bond donors (Lipinski definition) is 1. The molecule has 0 unspecified atom stereocenters. The van der Waals surface area contributed by atoms with Gasteiger partial charge in [-0.25, -0.2) is 4.68 Å². The summed E-state index contributed by atoms with van der Waals surface area (Å²) in [5.41, 5.74) is 3.58. The minimum atomic E-state index is 0.663. The molecule has 1 aliphatic carbocycles. The van der Waals surface area contributed by atoms with Gasteiger partial charge in [-0.05, 0) is 37.0 Å². The first-order chi connectivity index (χ1) is 8.72. The summed E-state index contributed by atoms with van der Waals surface area (Å²) in [6.07, 6.45) is 6.12. The molecule has 0 radical (unpaired) electrons. The van der Waals surface area contributed by atoms with Crippen molar-refractivity contribution in [1.82, 2.24) is 15.1 Å². The number of aromatic nitrogens is 2. The molecule has 1 aromatic heterocycles. The summed E-state index contributed by atoms with van der Waals surface area (Å²) < 4.78 is 1.83. The normalized spacial score (nSPS) is 15.0. The Hall–Kier alpha value is -1.32. The summed E-state index contributed by atoms with van der Waals surface area (Å²) >= 11 is 5.92. The number of halogens is 1. The van der Waals surface area contributed by atoms with Gasteiger partial charge in [0.05, 0.1) is 16.9 Å². The fraction of sp³-hybridized carbons (Fsp3) is 0.357. The van der Waals surface area contributed by atoms with Crippen molar-refractivity contribution in [3.05, 3.63) is 46.7 Å². The molecule has 0 saturated heterocycles. The highest BCUT2D eigenvalue weighted by Gasteiger charge is 2.20. The summed E-state index contributed by atoms with van der Waals surface area (Å²) in [5.74, 6) is 0. The van der Waals surface area contributed by atoms with Crippen molar-refractivity contribution in [3.8, 4) is 5.69 Å². The fourth-order valence-electron chi connectivity index (χ4n) is 1.99. The van der Waals surface area contributed by atoms with E-state index >= 15 is 0 Å².